The maximum Gasteiger partial charge on any atom is 0.132 e. The Kier molecular flexibility index (Phi) is 3.79. The van der Waals surface area contributed by atoms with Crippen molar-refractivity contribution in [1.29, 1.82) is 0 Å². The number of ether oxygens (including phenoxy) is 1. The molecule has 1 saturated carbocycles. The summed E-state index contributed by atoms with van der Waals surface area (Å²) in [6.07, 6.45) is 10.5. The van der Waals surface area contributed by atoms with Crippen LogP contribution in [0.2, 0.25) is 0 Å². The maximum absolute atomic E-state index is 9.78. The summed E-state index contributed by atoms with van der Waals surface area (Å²) in [5, 5.41) is 9.78. The highest BCUT2D eigenvalue weighted by molar-refractivity contribution is 5.42. The zero-order valence-corrected chi connectivity index (χ0v) is 11.7. The lowest BCUT2D eigenvalue weighted by atomic mass is 9.84. The fourth-order valence-corrected chi connectivity index (χ4v) is 3.56. The van der Waals surface area contributed by atoms with Gasteiger partial charge in [-0.1, -0.05) is 18.6 Å². The Hall–Kier alpha value is -1.02. The van der Waals surface area contributed by atoms with Crippen molar-refractivity contribution in [2.75, 3.05) is 6.61 Å². The molecule has 0 atom stereocenters. The van der Waals surface area contributed by atoms with E-state index in [-0.39, 0.29) is 12.2 Å². The minimum Gasteiger partial charge on any atom is -0.485 e. The molecule has 1 fully saturated rings. The molecule has 0 aliphatic heterocycles. The first kappa shape index (κ1) is 13.0. The summed E-state index contributed by atoms with van der Waals surface area (Å²) in [4.78, 5) is 0. The Morgan fingerprint density at radius 1 is 1.00 bits per heavy atom. The summed E-state index contributed by atoms with van der Waals surface area (Å²) in [6, 6.07) is 6.43. The van der Waals surface area contributed by atoms with Crippen LogP contribution in [0.1, 0.15) is 56.1 Å². The lowest BCUT2D eigenvalue weighted by Gasteiger charge is -2.37. The van der Waals surface area contributed by atoms with Crippen LogP contribution in [0.25, 0.3) is 0 Å². The molecule has 0 saturated heterocycles. The topological polar surface area (TPSA) is 29.5 Å². The van der Waals surface area contributed by atoms with E-state index in [2.05, 4.69) is 18.2 Å². The van der Waals surface area contributed by atoms with Crippen molar-refractivity contribution in [2.45, 2.75) is 63.4 Å². The lowest BCUT2D eigenvalue weighted by molar-refractivity contribution is -0.0205. The number of benzene rings is 1. The van der Waals surface area contributed by atoms with Crippen LogP contribution in [0.4, 0.5) is 0 Å². The smallest absolute Gasteiger partial charge is 0.132 e. The lowest BCUT2D eigenvalue weighted by Crippen LogP contribution is -2.42. The van der Waals surface area contributed by atoms with E-state index in [1.165, 1.54) is 49.7 Å². The minimum absolute atomic E-state index is 0.149. The van der Waals surface area contributed by atoms with Crippen LogP contribution in [0, 0.1) is 0 Å². The summed E-state index contributed by atoms with van der Waals surface area (Å²) in [5.74, 6) is 1.04. The number of fused-ring (bicyclic) bond motifs is 1. The van der Waals surface area contributed by atoms with E-state index in [0.29, 0.717) is 0 Å². The molecule has 1 N–H and O–H groups in total. The van der Waals surface area contributed by atoms with Crippen LogP contribution in [-0.2, 0) is 12.8 Å². The van der Waals surface area contributed by atoms with Crippen LogP contribution in [0.3, 0.4) is 0 Å². The monoisotopic (exact) mass is 260 g/mol. The van der Waals surface area contributed by atoms with Crippen molar-refractivity contribution >= 4 is 0 Å². The molecule has 0 spiro atoms. The number of hydrogen-bond acceptors (Lipinski definition) is 2. The molecular weight excluding hydrogens is 236 g/mol. The van der Waals surface area contributed by atoms with Crippen molar-refractivity contribution in [1.82, 2.24) is 0 Å². The maximum atomic E-state index is 9.78. The predicted octanol–water partition coefficient (Wildman–Crippen LogP) is 3.64. The third kappa shape index (κ3) is 2.64. The number of rotatable bonds is 3. The van der Waals surface area contributed by atoms with Gasteiger partial charge in [-0.3, -0.25) is 0 Å². The molecule has 0 amide bonds. The van der Waals surface area contributed by atoms with Gasteiger partial charge in [0.15, 0.2) is 0 Å². The number of aliphatic hydroxyl groups is 1. The van der Waals surface area contributed by atoms with E-state index in [9.17, 15) is 5.11 Å². The van der Waals surface area contributed by atoms with Gasteiger partial charge in [-0.2, -0.15) is 0 Å². The van der Waals surface area contributed by atoms with Gasteiger partial charge < -0.3 is 9.84 Å². The third-order valence-corrected chi connectivity index (χ3v) is 4.73. The average molecular weight is 260 g/mol. The van der Waals surface area contributed by atoms with Crippen LogP contribution in [-0.4, -0.2) is 17.3 Å². The van der Waals surface area contributed by atoms with E-state index in [1.807, 2.05) is 0 Å². The second-order valence-corrected chi connectivity index (χ2v) is 6.10. The molecule has 2 heteroatoms. The number of aliphatic hydroxyl groups excluding tert-OH is 1. The predicted molar refractivity (Wildman–Crippen MR) is 76.6 cm³/mol. The Morgan fingerprint density at radius 3 is 2.58 bits per heavy atom. The van der Waals surface area contributed by atoms with Gasteiger partial charge in [0.25, 0.3) is 0 Å². The molecule has 0 heterocycles. The molecule has 0 aromatic heterocycles. The van der Waals surface area contributed by atoms with E-state index in [1.54, 1.807) is 0 Å². The largest absolute Gasteiger partial charge is 0.485 e. The van der Waals surface area contributed by atoms with E-state index < -0.39 is 0 Å². The summed E-state index contributed by atoms with van der Waals surface area (Å²) in [6.45, 7) is 0.149. The molecule has 2 aliphatic rings. The molecule has 0 bridgehead atoms. The fourth-order valence-electron chi connectivity index (χ4n) is 3.56. The molecule has 1 aromatic carbocycles. The highest BCUT2D eigenvalue weighted by Gasteiger charge is 2.34. The molecule has 0 radical (unpaired) electrons. The average Bonchev–Trinajstić information content (AvgIpc) is 2.49. The first-order valence-electron chi connectivity index (χ1n) is 7.74. The molecule has 0 unspecified atom stereocenters. The standard InChI is InChI=1S/C17H24O2/c18-13-17(11-4-1-5-12-17)19-16-10-6-8-14-7-2-3-9-15(14)16/h6,8,10,18H,1-5,7,9,11-13H2. The zero-order chi connectivity index (χ0) is 13.1. The highest BCUT2D eigenvalue weighted by atomic mass is 16.5. The Balaban J connectivity index is 1.85. The third-order valence-electron chi connectivity index (χ3n) is 4.73. The van der Waals surface area contributed by atoms with Crippen molar-refractivity contribution in [3.8, 4) is 5.75 Å². The van der Waals surface area contributed by atoms with Crippen LogP contribution >= 0.6 is 0 Å². The molecule has 2 aliphatic carbocycles. The van der Waals surface area contributed by atoms with Crippen molar-refractivity contribution in [2.24, 2.45) is 0 Å². The van der Waals surface area contributed by atoms with E-state index >= 15 is 0 Å². The van der Waals surface area contributed by atoms with Gasteiger partial charge in [0, 0.05) is 0 Å². The summed E-state index contributed by atoms with van der Waals surface area (Å²) in [7, 11) is 0. The number of aryl methyl sites for hydroxylation is 1. The van der Waals surface area contributed by atoms with Crippen LogP contribution < -0.4 is 4.74 Å². The Bertz CT molecular complexity index is 433. The molecular formula is C17H24O2. The summed E-state index contributed by atoms with van der Waals surface area (Å²) < 4.78 is 6.34. The molecule has 1 aromatic rings. The first-order chi connectivity index (χ1) is 9.33. The molecule has 104 valence electrons. The van der Waals surface area contributed by atoms with Crippen molar-refractivity contribution < 1.29 is 9.84 Å². The van der Waals surface area contributed by atoms with Crippen LogP contribution in [0.15, 0.2) is 18.2 Å². The molecule has 19 heavy (non-hydrogen) atoms. The zero-order valence-electron chi connectivity index (χ0n) is 11.7. The van der Waals surface area contributed by atoms with Gasteiger partial charge in [0.1, 0.15) is 11.4 Å². The Labute approximate surface area is 115 Å². The van der Waals surface area contributed by atoms with Crippen molar-refractivity contribution in [3.05, 3.63) is 29.3 Å². The van der Waals surface area contributed by atoms with Gasteiger partial charge in [-0.05, 0) is 68.6 Å². The van der Waals surface area contributed by atoms with Gasteiger partial charge in [-0.25, -0.2) is 0 Å². The quantitative estimate of drug-likeness (QED) is 0.899. The van der Waals surface area contributed by atoms with Crippen LogP contribution in [0.5, 0.6) is 5.75 Å². The Morgan fingerprint density at radius 2 is 1.79 bits per heavy atom. The van der Waals surface area contributed by atoms with E-state index in [0.717, 1.165) is 25.0 Å². The molecule has 3 rings (SSSR count). The van der Waals surface area contributed by atoms with Gasteiger partial charge in [0.05, 0.1) is 6.61 Å². The SMILES string of the molecule is OCC1(Oc2cccc3c2CCCC3)CCCCC1. The minimum atomic E-state index is -0.315. The van der Waals surface area contributed by atoms with Gasteiger partial charge in [0.2, 0.25) is 0 Å². The second kappa shape index (κ2) is 5.54. The summed E-state index contributed by atoms with van der Waals surface area (Å²) in [5.41, 5.74) is 2.53. The normalized spacial score (nSPS) is 21.7. The first-order valence-corrected chi connectivity index (χ1v) is 7.74. The number of hydrogen-bond donors (Lipinski definition) is 1. The van der Waals surface area contributed by atoms with Gasteiger partial charge >= 0.3 is 0 Å². The van der Waals surface area contributed by atoms with Gasteiger partial charge in [-0.15, -0.1) is 0 Å². The fraction of sp³-hybridized carbons (Fsp3) is 0.647. The highest BCUT2D eigenvalue weighted by Crippen LogP contribution is 2.36. The second-order valence-electron chi connectivity index (χ2n) is 6.10. The van der Waals surface area contributed by atoms with Crippen molar-refractivity contribution in [3.63, 3.8) is 0 Å². The van der Waals surface area contributed by atoms with E-state index in [4.69, 9.17) is 4.74 Å². The molecule has 2 nitrogen and oxygen atoms in total. The summed E-state index contributed by atoms with van der Waals surface area (Å²) >= 11 is 0.